The summed E-state index contributed by atoms with van der Waals surface area (Å²) in [6.07, 6.45) is 2.82. The Morgan fingerprint density at radius 1 is 1.13 bits per heavy atom. The average molecular weight is 471 g/mol. The third-order valence-electron chi connectivity index (χ3n) is 5.27. The van der Waals surface area contributed by atoms with Crippen molar-refractivity contribution in [2.45, 2.75) is 11.7 Å². The van der Waals surface area contributed by atoms with Gasteiger partial charge in [0.2, 0.25) is 21.9 Å². The van der Waals surface area contributed by atoms with Gasteiger partial charge >= 0.3 is 0 Å². The van der Waals surface area contributed by atoms with E-state index in [1.165, 1.54) is 22.3 Å². The van der Waals surface area contributed by atoms with E-state index in [0.717, 1.165) is 24.8 Å². The van der Waals surface area contributed by atoms with Crippen molar-refractivity contribution in [2.75, 3.05) is 69.4 Å². The quantitative estimate of drug-likeness (QED) is 0.514. The predicted octanol–water partition coefficient (Wildman–Crippen LogP) is -0.0481. The van der Waals surface area contributed by atoms with Crippen molar-refractivity contribution in [3.63, 3.8) is 0 Å². The van der Waals surface area contributed by atoms with Gasteiger partial charge in [-0.3, -0.25) is 9.36 Å². The van der Waals surface area contributed by atoms with Crippen LogP contribution in [0.4, 0.5) is 5.95 Å². The molecule has 0 unspecified atom stereocenters. The van der Waals surface area contributed by atoms with Crippen LogP contribution < -0.4 is 4.90 Å². The number of amides is 1. The maximum Gasteiger partial charge on any atom is 0.233 e. The Kier molecular flexibility index (Phi) is 6.84. The molecule has 0 aromatic carbocycles. The van der Waals surface area contributed by atoms with Gasteiger partial charge in [0.05, 0.1) is 38.0 Å². The van der Waals surface area contributed by atoms with Crippen molar-refractivity contribution in [2.24, 2.45) is 0 Å². The highest BCUT2D eigenvalue weighted by atomic mass is 32.2. The number of carbonyl (C=O) groups is 1. The first-order valence-corrected chi connectivity index (χ1v) is 12.9. The van der Waals surface area contributed by atoms with E-state index in [9.17, 15) is 13.2 Å². The molecule has 0 aliphatic carbocycles. The summed E-state index contributed by atoms with van der Waals surface area (Å²) in [7, 11) is -3.22. The fraction of sp³-hybridized carbons (Fsp3) is 0.611. The number of piperazine rings is 1. The van der Waals surface area contributed by atoms with E-state index < -0.39 is 10.0 Å². The molecular weight excluding hydrogens is 444 g/mol. The molecule has 0 N–H and O–H groups in total. The molecule has 2 aliphatic heterocycles. The molecule has 2 aromatic heterocycles. The third-order valence-corrected chi connectivity index (χ3v) is 7.53. The van der Waals surface area contributed by atoms with E-state index in [-0.39, 0.29) is 11.7 Å². The second-order valence-electron chi connectivity index (χ2n) is 7.38. The third kappa shape index (κ3) is 5.40. The summed E-state index contributed by atoms with van der Waals surface area (Å²) in [5, 5.41) is 9.34. The van der Waals surface area contributed by atoms with E-state index in [4.69, 9.17) is 9.15 Å². The zero-order valence-electron chi connectivity index (χ0n) is 17.3. The summed E-state index contributed by atoms with van der Waals surface area (Å²) in [6, 6.07) is 3.73. The van der Waals surface area contributed by atoms with Crippen LogP contribution in [0.2, 0.25) is 0 Å². The molecule has 4 rings (SSSR count). The molecule has 31 heavy (non-hydrogen) atoms. The van der Waals surface area contributed by atoms with E-state index in [1.54, 1.807) is 11.2 Å². The highest BCUT2D eigenvalue weighted by molar-refractivity contribution is 7.99. The van der Waals surface area contributed by atoms with Gasteiger partial charge in [0.25, 0.3) is 0 Å². The Morgan fingerprint density at radius 3 is 2.52 bits per heavy atom. The topological polar surface area (TPSA) is 114 Å². The smallest absolute Gasteiger partial charge is 0.233 e. The van der Waals surface area contributed by atoms with Crippen molar-refractivity contribution in [1.29, 1.82) is 0 Å². The van der Waals surface area contributed by atoms with Gasteiger partial charge in [-0.05, 0) is 12.1 Å². The van der Waals surface area contributed by atoms with Gasteiger partial charge in [-0.1, -0.05) is 11.8 Å². The zero-order valence-corrected chi connectivity index (χ0v) is 19.0. The number of thioether (sulfide) groups is 1. The van der Waals surface area contributed by atoms with Gasteiger partial charge in [-0.25, -0.2) is 8.42 Å². The Hall–Kier alpha value is -2.09. The summed E-state index contributed by atoms with van der Waals surface area (Å²) in [4.78, 5) is 16.5. The molecule has 4 heterocycles. The van der Waals surface area contributed by atoms with Crippen LogP contribution in [0.5, 0.6) is 0 Å². The van der Waals surface area contributed by atoms with E-state index in [2.05, 4.69) is 15.1 Å². The zero-order chi connectivity index (χ0) is 21.8. The number of morpholine rings is 1. The minimum absolute atomic E-state index is 0.0429. The molecule has 0 bridgehead atoms. The van der Waals surface area contributed by atoms with Gasteiger partial charge in [0, 0.05) is 39.3 Å². The monoisotopic (exact) mass is 470 g/mol. The molecule has 0 saturated carbocycles. The summed E-state index contributed by atoms with van der Waals surface area (Å²) in [5.41, 5.74) is 0. The van der Waals surface area contributed by atoms with Crippen LogP contribution in [0.1, 0.15) is 5.76 Å². The van der Waals surface area contributed by atoms with Crippen molar-refractivity contribution in [1.82, 2.24) is 24.0 Å². The fourth-order valence-electron chi connectivity index (χ4n) is 3.57. The van der Waals surface area contributed by atoms with Crippen molar-refractivity contribution >= 4 is 33.6 Å². The van der Waals surface area contributed by atoms with Crippen molar-refractivity contribution < 1.29 is 22.4 Å². The molecule has 2 aliphatic rings. The Morgan fingerprint density at radius 2 is 1.87 bits per heavy atom. The number of furan rings is 1. The fourth-order valence-corrected chi connectivity index (χ4v) is 5.23. The minimum atomic E-state index is -3.22. The molecule has 2 aromatic rings. The van der Waals surface area contributed by atoms with Gasteiger partial charge < -0.3 is 19.0 Å². The normalized spacial score (nSPS) is 18.5. The molecule has 0 radical (unpaired) electrons. The Bertz CT molecular complexity index is 979. The lowest BCUT2D eigenvalue weighted by Crippen LogP contribution is -2.50. The maximum absolute atomic E-state index is 12.7. The molecule has 0 atom stereocenters. The van der Waals surface area contributed by atoms with Crippen LogP contribution in [-0.4, -0.2) is 103 Å². The Balaban J connectivity index is 1.42. The number of hydrogen-bond acceptors (Lipinski definition) is 9. The highest BCUT2D eigenvalue weighted by Gasteiger charge is 2.27. The van der Waals surface area contributed by atoms with Crippen LogP contribution in [0.15, 0.2) is 28.0 Å². The van der Waals surface area contributed by atoms with Gasteiger partial charge in [0.15, 0.2) is 5.16 Å². The lowest BCUT2D eigenvalue weighted by atomic mass is 10.3. The van der Waals surface area contributed by atoms with E-state index in [1.807, 2.05) is 16.7 Å². The number of nitrogens with zero attached hydrogens (tertiary/aromatic N) is 6. The first kappa shape index (κ1) is 22.1. The van der Waals surface area contributed by atoms with Crippen molar-refractivity contribution in [3.8, 4) is 0 Å². The van der Waals surface area contributed by atoms with Crippen LogP contribution in [0, 0.1) is 0 Å². The van der Waals surface area contributed by atoms with Gasteiger partial charge in [0.1, 0.15) is 5.76 Å². The van der Waals surface area contributed by atoms with Gasteiger partial charge in [-0.15, -0.1) is 10.2 Å². The number of sulfonamides is 1. The van der Waals surface area contributed by atoms with Crippen LogP contribution in [0.25, 0.3) is 0 Å². The summed E-state index contributed by atoms with van der Waals surface area (Å²) >= 11 is 1.33. The van der Waals surface area contributed by atoms with Crippen LogP contribution in [-0.2, 0) is 26.1 Å². The number of carbonyl (C=O) groups excluding carboxylic acids is 1. The number of rotatable bonds is 7. The van der Waals surface area contributed by atoms with Crippen LogP contribution >= 0.6 is 11.8 Å². The molecular formula is C18H26N6O5S2. The van der Waals surface area contributed by atoms with Crippen LogP contribution in [0.3, 0.4) is 0 Å². The first-order valence-electron chi connectivity index (χ1n) is 10.1. The number of aromatic nitrogens is 3. The second-order valence-corrected chi connectivity index (χ2v) is 10.3. The number of hydrogen-bond donors (Lipinski definition) is 0. The highest BCUT2D eigenvalue weighted by Crippen LogP contribution is 2.25. The average Bonchev–Trinajstić information content (AvgIpc) is 3.42. The molecule has 0 spiro atoms. The molecule has 2 fully saturated rings. The predicted molar refractivity (Wildman–Crippen MR) is 115 cm³/mol. The molecule has 13 heteroatoms. The number of ether oxygens (including phenoxy) is 1. The second kappa shape index (κ2) is 9.59. The first-order chi connectivity index (χ1) is 14.9. The number of anilines is 1. The maximum atomic E-state index is 12.7. The lowest BCUT2D eigenvalue weighted by Gasteiger charge is -2.33. The van der Waals surface area contributed by atoms with E-state index in [0.29, 0.717) is 51.1 Å². The molecule has 1 amide bonds. The standard InChI is InChI=1S/C18H26N6O5S2/c1-31(26,27)23-6-4-21(5-7-23)16(25)14-30-18-20-19-17(22-8-11-28-12-9-22)24(18)13-15-3-2-10-29-15/h2-3,10H,4-9,11-14H2,1H3. The molecule has 11 nitrogen and oxygen atoms in total. The van der Waals surface area contributed by atoms with Crippen molar-refractivity contribution in [3.05, 3.63) is 24.2 Å². The minimum Gasteiger partial charge on any atom is -0.467 e. The SMILES string of the molecule is CS(=O)(=O)N1CCN(C(=O)CSc2nnc(N3CCOCC3)n2Cc2ccco2)CC1. The Labute approximate surface area is 185 Å². The largest absolute Gasteiger partial charge is 0.467 e. The summed E-state index contributed by atoms with van der Waals surface area (Å²) < 4.78 is 37.6. The summed E-state index contributed by atoms with van der Waals surface area (Å²) in [6.45, 7) is 4.62. The van der Waals surface area contributed by atoms with E-state index >= 15 is 0 Å². The molecule has 2 saturated heterocycles. The van der Waals surface area contributed by atoms with Gasteiger partial charge in [-0.2, -0.15) is 4.31 Å². The molecule has 170 valence electrons. The lowest BCUT2D eigenvalue weighted by molar-refractivity contribution is -0.129. The summed E-state index contributed by atoms with van der Waals surface area (Å²) in [5.74, 6) is 1.67.